The van der Waals surface area contributed by atoms with Crippen LogP contribution < -0.4 is 5.32 Å². The minimum Gasteiger partial charge on any atom is -0.469 e. The Labute approximate surface area is 129 Å². The number of esters is 1. The van der Waals surface area contributed by atoms with Crippen LogP contribution in [-0.2, 0) is 16.1 Å². The van der Waals surface area contributed by atoms with Gasteiger partial charge in [-0.15, -0.1) is 0 Å². The number of nitrogens with zero attached hydrogens (tertiary/aromatic N) is 2. The normalized spacial score (nSPS) is 10.2. The van der Waals surface area contributed by atoms with Crippen LogP contribution in [0.2, 0.25) is 0 Å². The molecular weight excluding hydrogens is 282 g/mol. The van der Waals surface area contributed by atoms with Crippen LogP contribution in [0.25, 0.3) is 0 Å². The molecule has 0 aliphatic heterocycles. The second-order valence-corrected chi connectivity index (χ2v) is 4.84. The van der Waals surface area contributed by atoms with Gasteiger partial charge in [-0.2, -0.15) is 5.10 Å². The number of benzene rings is 1. The van der Waals surface area contributed by atoms with Crippen LogP contribution in [0.1, 0.15) is 28.8 Å². The lowest BCUT2D eigenvalue weighted by Crippen LogP contribution is -2.25. The highest BCUT2D eigenvalue weighted by Crippen LogP contribution is 2.06. The van der Waals surface area contributed by atoms with Crippen LogP contribution >= 0.6 is 0 Å². The van der Waals surface area contributed by atoms with Crippen molar-refractivity contribution < 1.29 is 14.3 Å². The first-order chi connectivity index (χ1) is 10.7. The van der Waals surface area contributed by atoms with E-state index in [1.54, 1.807) is 18.3 Å². The molecule has 0 spiro atoms. The van der Waals surface area contributed by atoms with E-state index in [0.29, 0.717) is 31.5 Å². The lowest BCUT2D eigenvalue weighted by Gasteiger charge is -2.06. The molecule has 0 fully saturated rings. The van der Waals surface area contributed by atoms with Crippen LogP contribution in [0.5, 0.6) is 0 Å². The van der Waals surface area contributed by atoms with Crippen LogP contribution in [0.15, 0.2) is 42.7 Å². The molecule has 0 unspecified atom stereocenters. The van der Waals surface area contributed by atoms with Crippen LogP contribution in [0.4, 0.5) is 0 Å². The maximum absolute atomic E-state index is 11.9. The van der Waals surface area contributed by atoms with Gasteiger partial charge in [-0.3, -0.25) is 14.3 Å². The zero-order chi connectivity index (χ0) is 15.8. The van der Waals surface area contributed by atoms with Crippen molar-refractivity contribution in [3.8, 4) is 0 Å². The summed E-state index contributed by atoms with van der Waals surface area (Å²) in [5.74, 6) is -0.410. The maximum Gasteiger partial charge on any atom is 0.305 e. The Kier molecular flexibility index (Phi) is 5.71. The number of nitrogens with one attached hydrogen (secondary N) is 1. The summed E-state index contributed by atoms with van der Waals surface area (Å²) in [6, 6.07) is 9.26. The second-order valence-electron chi connectivity index (χ2n) is 4.84. The summed E-state index contributed by atoms with van der Waals surface area (Å²) < 4.78 is 6.36. The Hall–Kier alpha value is -2.63. The van der Waals surface area contributed by atoms with E-state index in [-0.39, 0.29) is 11.9 Å². The third-order valence-corrected chi connectivity index (χ3v) is 3.19. The Morgan fingerprint density at radius 1 is 1.27 bits per heavy atom. The van der Waals surface area contributed by atoms with Gasteiger partial charge in [-0.1, -0.05) is 12.1 Å². The van der Waals surface area contributed by atoms with Crippen LogP contribution in [-0.4, -0.2) is 35.3 Å². The van der Waals surface area contributed by atoms with Gasteiger partial charge in [0, 0.05) is 30.9 Å². The molecule has 1 aromatic carbocycles. The first-order valence-corrected chi connectivity index (χ1v) is 7.10. The van der Waals surface area contributed by atoms with Gasteiger partial charge in [0.1, 0.15) is 0 Å². The van der Waals surface area contributed by atoms with E-state index in [2.05, 4.69) is 15.2 Å². The highest BCUT2D eigenvalue weighted by molar-refractivity contribution is 5.94. The lowest BCUT2D eigenvalue weighted by atomic mass is 10.1. The van der Waals surface area contributed by atoms with Crippen molar-refractivity contribution in [1.82, 2.24) is 15.1 Å². The minimum absolute atomic E-state index is 0.143. The Morgan fingerprint density at radius 2 is 2.05 bits per heavy atom. The van der Waals surface area contributed by atoms with Crippen molar-refractivity contribution in [3.05, 3.63) is 53.9 Å². The van der Waals surface area contributed by atoms with E-state index in [1.807, 2.05) is 29.1 Å². The topological polar surface area (TPSA) is 73.2 Å². The quantitative estimate of drug-likeness (QED) is 0.623. The van der Waals surface area contributed by atoms with Gasteiger partial charge in [0.05, 0.1) is 13.7 Å². The lowest BCUT2D eigenvalue weighted by molar-refractivity contribution is -0.140. The summed E-state index contributed by atoms with van der Waals surface area (Å²) in [4.78, 5) is 22.9. The fourth-order valence-electron chi connectivity index (χ4n) is 1.98. The van der Waals surface area contributed by atoms with E-state index in [1.165, 1.54) is 7.11 Å². The third-order valence-electron chi connectivity index (χ3n) is 3.19. The fourth-order valence-corrected chi connectivity index (χ4v) is 1.98. The summed E-state index contributed by atoms with van der Waals surface area (Å²) in [5.41, 5.74) is 1.67. The fraction of sp³-hybridized carbons (Fsp3) is 0.312. The van der Waals surface area contributed by atoms with Crippen LogP contribution in [0, 0.1) is 0 Å². The molecule has 116 valence electrons. The van der Waals surface area contributed by atoms with Crippen molar-refractivity contribution in [2.24, 2.45) is 0 Å². The average molecular weight is 301 g/mol. The van der Waals surface area contributed by atoms with Crippen molar-refractivity contribution in [2.75, 3.05) is 13.7 Å². The molecule has 22 heavy (non-hydrogen) atoms. The average Bonchev–Trinajstić information content (AvgIpc) is 3.04. The number of hydrogen-bond donors (Lipinski definition) is 1. The number of methoxy groups -OCH3 is 1. The molecule has 6 nitrogen and oxygen atoms in total. The Balaban J connectivity index is 1.79. The third kappa shape index (κ3) is 4.73. The zero-order valence-corrected chi connectivity index (χ0v) is 12.5. The van der Waals surface area contributed by atoms with Crippen molar-refractivity contribution >= 4 is 11.9 Å². The monoisotopic (exact) mass is 301 g/mol. The molecule has 2 aromatic rings. The summed E-state index contributed by atoms with van der Waals surface area (Å²) in [7, 11) is 1.35. The number of aromatic nitrogens is 2. The summed E-state index contributed by atoms with van der Waals surface area (Å²) in [6.45, 7) is 1.12. The van der Waals surface area contributed by atoms with Gasteiger partial charge >= 0.3 is 5.97 Å². The number of rotatable bonds is 7. The highest BCUT2D eigenvalue weighted by Gasteiger charge is 2.06. The molecule has 1 heterocycles. The molecule has 1 N–H and O–H groups in total. The van der Waals surface area contributed by atoms with E-state index in [0.717, 1.165) is 5.56 Å². The van der Waals surface area contributed by atoms with Crippen molar-refractivity contribution in [2.45, 2.75) is 19.4 Å². The molecule has 1 aromatic heterocycles. The summed E-state index contributed by atoms with van der Waals surface area (Å²) in [5, 5.41) is 6.92. The molecule has 0 aliphatic carbocycles. The summed E-state index contributed by atoms with van der Waals surface area (Å²) >= 11 is 0. The largest absolute Gasteiger partial charge is 0.469 e. The van der Waals surface area contributed by atoms with Crippen molar-refractivity contribution in [3.63, 3.8) is 0 Å². The van der Waals surface area contributed by atoms with Crippen molar-refractivity contribution in [1.29, 1.82) is 0 Å². The number of hydrogen-bond acceptors (Lipinski definition) is 4. The number of ether oxygens (including phenoxy) is 1. The van der Waals surface area contributed by atoms with Crippen LogP contribution in [0.3, 0.4) is 0 Å². The van der Waals surface area contributed by atoms with Gasteiger partial charge in [0.2, 0.25) is 0 Å². The summed E-state index contributed by atoms with van der Waals surface area (Å²) in [6.07, 6.45) is 4.49. The second kappa shape index (κ2) is 7.97. The van der Waals surface area contributed by atoms with E-state index < -0.39 is 0 Å². The Bertz CT molecular complexity index is 606. The van der Waals surface area contributed by atoms with E-state index in [4.69, 9.17) is 0 Å². The maximum atomic E-state index is 11.9. The van der Waals surface area contributed by atoms with Gasteiger partial charge in [-0.25, -0.2) is 0 Å². The highest BCUT2D eigenvalue weighted by atomic mass is 16.5. The standard InChI is InChI=1S/C16H19N3O3/c1-22-15(20)4-2-9-17-16(21)14-7-5-13(6-8-14)12-19-11-3-10-18-19/h3,5-8,10-11H,2,4,9,12H2,1H3,(H,17,21). The molecule has 1 amide bonds. The minimum atomic E-state index is -0.266. The van der Waals surface area contributed by atoms with Gasteiger partial charge < -0.3 is 10.1 Å². The van der Waals surface area contributed by atoms with E-state index >= 15 is 0 Å². The number of amides is 1. The first kappa shape index (κ1) is 15.8. The SMILES string of the molecule is COC(=O)CCCNC(=O)c1ccc(Cn2cccn2)cc1. The van der Waals surface area contributed by atoms with Gasteiger partial charge in [0.15, 0.2) is 0 Å². The zero-order valence-electron chi connectivity index (χ0n) is 12.5. The molecule has 0 radical (unpaired) electrons. The van der Waals surface area contributed by atoms with Gasteiger partial charge in [-0.05, 0) is 30.2 Å². The smallest absolute Gasteiger partial charge is 0.305 e. The van der Waals surface area contributed by atoms with Gasteiger partial charge in [0.25, 0.3) is 5.91 Å². The molecule has 2 rings (SSSR count). The molecule has 0 atom stereocenters. The molecular formula is C16H19N3O3. The molecule has 0 bridgehead atoms. The predicted molar refractivity (Wildman–Crippen MR) is 81.4 cm³/mol. The van der Waals surface area contributed by atoms with E-state index in [9.17, 15) is 9.59 Å². The predicted octanol–water partition coefficient (Wildman–Crippen LogP) is 1.61. The Morgan fingerprint density at radius 3 is 2.68 bits per heavy atom. The molecule has 0 saturated carbocycles. The molecule has 0 saturated heterocycles. The number of carbonyl (C=O) groups excluding carboxylic acids is 2. The molecule has 6 heteroatoms. The first-order valence-electron chi connectivity index (χ1n) is 7.10. The molecule has 0 aliphatic rings. The number of carbonyl (C=O) groups is 2.